The molecule has 168 valence electrons. The minimum Gasteiger partial charge on any atom is -0.444 e. The normalized spacial score (nSPS) is 25.8. The predicted octanol–water partition coefficient (Wildman–Crippen LogP) is 5.16. The molecular formula is C20H21ClF4N4O2. The Morgan fingerprint density at radius 1 is 1.16 bits per heavy atom. The van der Waals surface area contributed by atoms with Crippen LogP contribution in [-0.4, -0.2) is 44.4 Å². The van der Waals surface area contributed by atoms with Crippen molar-refractivity contribution in [2.75, 3.05) is 13.1 Å². The Kier molecular flexibility index (Phi) is 4.33. The van der Waals surface area contributed by atoms with Crippen molar-refractivity contribution in [2.24, 2.45) is 11.8 Å². The third-order valence-corrected chi connectivity index (χ3v) is 6.35. The van der Waals surface area contributed by atoms with Gasteiger partial charge in [0, 0.05) is 19.0 Å². The molecule has 2 aromatic rings. The highest BCUT2D eigenvalue weighted by Gasteiger charge is 2.60. The van der Waals surface area contributed by atoms with E-state index in [0.717, 1.165) is 12.8 Å². The number of rotatable bonds is 2. The second-order valence-electron chi connectivity index (χ2n) is 9.59. The fourth-order valence-electron chi connectivity index (χ4n) is 4.63. The van der Waals surface area contributed by atoms with Gasteiger partial charge in [0.2, 0.25) is 0 Å². The van der Waals surface area contributed by atoms with Crippen molar-refractivity contribution in [1.29, 1.82) is 0 Å². The largest absolute Gasteiger partial charge is 0.444 e. The summed E-state index contributed by atoms with van der Waals surface area (Å²) in [6.07, 6.45) is -3.79. The molecule has 11 heteroatoms. The van der Waals surface area contributed by atoms with Crippen LogP contribution in [0.4, 0.5) is 22.4 Å². The molecule has 2 atom stereocenters. The molecule has 0 radical (unpaired) electrons. The van der Waals surface area contributed by atoms with Crippen LogP contribution in [-0.2, 0) is 10.9 Å². The molecule has 1 amide bonds. The number of fused-ring (bicyclic) bond motifs is 2. The molecule has 3 heterocycles. The zero-order valence-electron chi connectivity index (χ0n) is 17.1. The van der Waals surface area contributed by atoms with Crippen LogP contribution >= 0.6 is 11.6 Å². The Bertz CT molecular complexity index is 1080. The van der Waals surface area contributed by atoms with Crippen molar-refractivity contribution in [3.8, 4) is 0 Å². The van der Waals surface area contributed by atoms with Crippen LogP contribution < -0.4 is 0 Å². The Hall–Kier alpha value is -2.10. The van der Waals surface area contributed by atoms with Gasteiger partial charge in [-0.15, -0.1) is 0 Å². The molecule has 1 aliphatic heterocycles. The van der Waals surface area contributed by atoms with E-state index in [0.29, 0.717) is 13.1 Å². The summed E-state index contributed by atoms with van der Waals surface area (Å²) in [6.45, 7) is 6.05. The number of halogens is 5. The van der Waals surface area contributed by atoms with Crippen molar-refractivity contribution in [3.63, 3.8) is 0 Å². The molecule has 31 heavy (non-hydrogen) atoms. The van der Waals surface area contributed by atoms with E-state index in [2.05, 4.69) is 10.1 Å². The van der Waals surface area contributed by atoms with E-state index in [1.807, 2.05) is 0 Å². The van der Waals surface area contributed by atoms with Gasteiger partial charge in [0.15, 0.2) is 16.7 Å². The number of carbonyl (C=O) groups excluding carboxylic acids is 1. The van der Waals surface area contributed by atoms with E-state index >= 15 is 0 Å². The number of nitrogens with zero attached hydrogens (tertiary/aromatic N) is 4. The first kappa shape index (κ1) is 20.8. The fraction of sp³-hybridized carbons (Fsp3) is 0.650. The van der Waals surface area contributed by atoms with Crippen molar-refractivity contribution in [2.45, 2.75) is 57.3 Å². The van der Waals surface area contributed by atoms with Crippen LogP contribution in [0.2, 0.25) is 5.15 Å². The van der Waals surface area contributed by atoms with Crippen LogP contribution in [0, 0.1) is 17.7 Å². The number of likely N-dealkylation sites (tertiary alicyclic amines) is 1. The lowest BCUT2D eigenvalue weighted by molar-refractivity contribution is -0.139. The zero-order valence-corrected chi connectivity index (χ0v) is 17.9. The van der Waals surface area contributed by atoms with E-state index in [1.165, 1.54) is 4.68 Å². The van der Waals surface area contributed by atoms with Crippen LogP contribution in [0.15, 0.2) is 0 Å². The Balaban J connectivity index is 1.52. The molecule has 0 spiro atoms. The highest BCUT2D eigenvalue weighted by Crippen LogP contribution is 2.60. The second-order valence-corrected chi connectivity index (χ2v) is 9.94. The van der Waals surface area contributed by atoms with Gasteiger partial charge in [0.25, 0.3) is 0 Å². The van der Waals surface area contributed by atoms with Crippen LogP contribution in [0.5, 0.6) is 0 Å². The van der Waals surface area contributed by atoms with Crippen LogP contribution in [0.25, 0.3) is 10.9 Å². The van der Waals surface area contributed by atoms with Gasteiger partial charge in [-0.25, -0.2) is 14.2 Å². The van der Waals surface area contributed by atoms with Gasteiger partial charge in [0.05, 0.1) is 17.1 Å². The maximum Gasteiger partial charge on any atom is 0.434 e. The summed E-state index contributed by atoms with van der Waals surface area (Å²) in [5.41, 5.74) is -1.85. The molecule has 5 rings (SSSR count). The number of piperidine rings is 1. The SMILES string of the molecule is CC(C)(C)OC(=O)N1CC2C(C1)C2c1nn(C2CC2)c2c(F)c(Cl)nc(C(F)(F)F)c12. The van der Waals surface area contributed by atoms with Gasteiger partial charge in [-0.05, 0) is 45.4 Å². The van der Waals surface area contributed by atoms with E-state index in [4.69, 9.17) is 16.3 Å². The van der Waals surface area contributed by atoms with E-state index < -0.39 is 34.5 Å². The van der Waals surface area contributed by atoms with Crippen molar-refractivity contribution in [1.82, 2.24) is 19.7 Å². The Morgan fingerprint density at radius 2 is 1.77 bits per heavy atom. The molecule has 1 saturated heterocycles. The maximum atomic E-state index is 14.8. The Labute approximate surface area is 180 Å². The summed E-state index contributed by atoms with van der Waals surface area (Å²) >= 11 is 5.72. The molecule has 0 bridgehead atoms. The molecule has 3 fully saturated rings. The van der Waals surface area contributed by atoms with Crippen LogP contribution in [0.3, 0.4) is 0 Å². The lowest BCUT2D eigenvalue weighted by atomic mass is 10.1. The third-order valence-electron chi connectivity index (χ3n) is 6.10. The number of aromatic nitrogens is 3. The molecule has 3 aliphatic rings. The summed E-state index contributed by atoms with van der Waals surface area (Å²) in [5, 5.41) is 3.34. The molecule has 6 nitrogen and oxygen atoms in total. The number of amides is 1. The summed E-state index contributed by atoms with van der Waals surface area (Å²) in [4.78, 5) is 17.2. The maximum absolute atomic E-state index is 14.8. The summed E-state index contributed by atoms with van der Waals surface area (Å²) in [7, 11) is 0. The number of hydrogen-bond donors (Lipinski definition) is 0. The number of hydrogen-bond acceptors (Lipinski definition) is 4. The summed E-state index contributed by atoms with van der Waals surface area (Å²) in [5.74, 6) is -1.35. The quantitative estimate of drug-likeness (QED) is 0.459. The van der Waals surface area contributed by atoms with Crippen LogP contribution in [0.1, 0.15) is 57.0 Å². The lowest BCUT2D eigenvalue weighted by Crippen LogP contribution is -2.36. The van der Waals surface area contributed by atoms with Gasteiger partial charge >= 0.3 is 12.3 Å². The first-order valence-electron chi connectivity index (χ1n) is 10.2. The van der Waals surface area contributed by atoms with Gasteiger partial charge in [-0.1, -0.05) is 11.6 Å². The van der Waals surface area contributed by atoms with Gasteiger partial charge in [0.1, 0.15) is 11.1 Å². The first-order chi connectivity index (χ1) is 14.4. The number of carbonyl (C=O) groups is 1. The molecule has 0 N–H and O–H groups in total. The van der Waals surface area contributed by atoms with Gasteiger partial charge in [-0.3, -0.25) is 4.68 Å². The second kappa shape index (κ2) is 6.46. The van der Waals surface area contributed by atoms with Crippen molar-refractivity contribution >= 4 is 28.6 Å². The standard InChI is InChI=1S/C20H21ClF4N4O2/c1-19(2,3)31-18(30)28-6-9-10(7-28)11(9)14-12-15(29(27-14)8-4-5-8)13(22)17(21)26-16(12)20(23,24)25/h8-11H,4-7H2,1-3H3. The Morgan fingerprint density at radius 3 is 2.29 bits per heavy atom. The smallest absolute Gasteiger partial charge is 0.434 e. The van der Waals surface area contributed by atoms with Gasteiger partial charge in [-0.2, -0.15) is 18.3 Å². The molecular weight excluding hydrogens is 440 g/mol. The topological polar surface area (TPSA) is 60.2 Å². The van der Waals surface area contributed by atoms with E-state index in [-0.39, 0.29) is 40.4 Å². The number of alkyl halides is 3. The molecule has 2 aliphatic carbocycles. The molecule has 2 unspecified atom stereocenters. The highest BCUT2D eigenvalue weighted by molar-refractivity contribution is 6.30. The fourth-order valence-corrected chi connectivity index (χ4v) is 4.80. The number of pyridine rings is 1. The lowest BCUT2D eigenvalue weighted by Gasteiger charge is -2.25. The van der Waals surface area contributed by atoms with Crippen molar-refractivity contribution < 1.29 is 27.1 Å². The van der Waals surface area contributed by atoms with Crippen molar-refractivity contribution in [3.05, 3.63) is 22.4 Å². The molecule has 0 aromatic carbocycles. The molecule has 2 saturated carbocycles. The average Bonchev–Trinajstić information content (AvgIpc) is 3.51. The third kappa shape index (κ3) is 3.43. The summed E-state index contributed by atoms with van der Waals surface area (Å²) < 4.78 is 62.9. The minimum absolute atomic E-state index is 0.0434. The van der Waals surface area contributed by atoms with E-state index in [1.54, 1.807) is 25.7 Å². The molecule has 2 aromatic heterocycles. The monoisotopic (exact) mass is 460 g/mol. The minimum atomic E-state index is -4.80. The number of ether oxygens (including phenoxy) is 1. The average molecular weight is 461 g/mol. The predicted molar refractivity (Wildman–Crippen MR) is 103 cm³/mol. The highest BCUT2D eigenvalue weighted by atomic mass is 35.5. The van der Waals surface area contributed by atoms with E-state index in [9.17, 15) is 22.4 Å². The van der Waals surface area contributed by atoms with Gasteiger partial charge < -0.3 is 9.64 Å². The zero-order chi connectivity index (χ0) is 22.5. The summed E-state index contributed by atoms with van der Waals surface area (Å²) in [6, 6.07) is -0.137. The first-order valence-corrected chi connectivity index (χ1v) is 10.6.